The van der Waals surface area contributed by atoms with Crippen LogP contribution in [0.1, 0.15) is 103 Å². The molecule has 0 radical (unpaired) electrons. The minimum Gasteiger partial charge on any atom is -0.437 e. The number of hydrogen-bond acceptors (Lipinski definition) is 12. The number of tetrazole rings is 1. The Balaban J connectivity index is 1.05. The quantitative estimate of drug-likeness (QED) is 0.171. The summed E-state index contributed by atoms with van der Waals surface area (Å²) >= 11 is 0. The van der Waals surface area contributed by atoms with Gasteiger partial charge in [-0.2, -0.15) is 5.26 Å². The van der Waals surface area contributed by atoms with Crippen LogP contribution >= 0.6 is 0 Å². The highest BCUT2D eigenvalue weighted by atomic mass is 16.6. The number of nitrogens with one attached hydrogen (secondary N) is 2. The maximum atomic E-state index is 12.5. The average molecular weight is 716 g/mol. The van der Waals surface area contributed by atoms with Gasteiger partial charge in [0, 0.05) is 55.2 Å². The summed E-state index contributed by atoms with van der Waals surface area (Å²) < 4.78 is 17.1. The molecule has 2 fully saturated rings. The standard InChI is InChI=1S/C39H57N9O4/c1-26(2)36(52-37(49)38(5,6)7)48-46-35(45-47-48)23-51-22-28(4)43-30-13-11-29(12-14-30)19-31-20-32(27(3)21-41-31)33-9-8-10-34(44-33)42-25-39(24-40)15-17-50-18-16-39/h8-10,20-21,26,28-30,36,43H,11-19,22-23,25H2,1-7H3,(H,42,44)/t28-,29?,30?,36+/m0/s1. The van der Waals surface area contributed by atoms with Crippen LogP contribution in [0.2, 0.25) is 0 Å². The number of aryl methyl sites for hydroxylation is 1. The molecule has 0 aromatic carbocycles. The maximum Gasteiger partial charge on any atom is 0.313 e. The van der Waals surface area contributed by atoms with Crippen LogP contribution in [-0.2, 0) is 32.0 Å². The van der Waals surface area contributed by atoms with Crippen molar-refractivity contribution in [1.29, 1.82) is 5.26 Å². The van der Waals surface area contributed by atoms with Crippen molar-refractivity contribution >= 4 is 11.8 Å². The van der Waals surface area contributed by atoms with E-state index in [4.69, 9.17) is 24.2 Å². The first-order valence-electron chi connectivity index (χ1n) is 18.8. The van der Waals surface area contributed by atoms with Gasteiger partial charge in [-0.25, -0.2) is 4.98 Å². The first-order valence-corrected chi connectivity index (χ1v) is 18.8. The topological polar surface area (TPSA) is 162 Å². The number of pyridine rings is 2. The van der Waals surface area contributed by atoms with Gasteiger partial charge < -0.3 is 24.8 Å². The van der Waals surface area contributed by atoms with Crippen LogP contribution in [0.4, 0.5) is 5.82 Å². The van der Waals surface area contributed by atoms with E-state index in [0.29, 0.717) is 44.1 Å². The van der Waals surface area contributed by atoms with Crippen molar-refractivity contribution < 1.29 is 19.0 Å². The van der Waals surface area contributed by atoms with Gasteiger partial charge in [-0.1, -0.05) is 19.9 Å². The van der Waals surface area contributed by atoms with Gasteiger partial charge in [0.15, 0.2) is 0 Å². The first kappa shape index (κ1) is 39.2. The smallest absolute Gasteiger partial charge is 0.313 e. The molecule has 1 saturated carbocycles. The fourth-order valence-electron chi connectivity index (χ4n) is 6.75. The van der Waals surface area contributed by atoms with Crippen molar-refractivity contribution in [1.82, 2.24) is 35.5 Å². The van der Waals surface area contributed by atoms with Gasteiger partial charge in [0.05, 0.1) is 29.2 Å². The van der Waals surface area contributed by atoms with E-state index >= 15 is 0 Å². The highest BCUT2D eigenvalue weighted by Crippen LogP contribution is 2.32. The lowest BCUT2D eigenvalue weighted by Gasteiger charge is -2.31. The molecule has 0 bridgehead atoms. The van der Waals surface area contributed by atoms with Crippen LogP contribution in [0, 0.1) is 40.9 Å². The Morgan fingerprint density at radius 1 is 1.15 bits per heavy atom. The van der Waals surface area contributed by atoms with Gasteiger partial charge in [-0.15, -0.1) is 15.0 Å². The normalized spacial score (nSPS) is 20.2. The fourth-order valence-corrected chi connectivity index (χ4v) is 6.75. The van der Waals surface area contributed by atoms with Gasteiger partial charge in [0.25, 0.3) is 0 Å². The molecule has 13 heteroatoms. The molecule has 3 aromatic heterocycles. The summed E-state index contributed by atoms with van der Waals surface area (Å²) in [5.74, 6) is 1.49. The molecule has 0 amide bonds. The second-order valence-electron chi connectivity index (χ2n) is 16.1. The number of esters is 1. The molecule has 0 unspecified atom stereocenters. The summed E-state index contributed by atoms with van der Waals surface area (Å²) in [6.45, 7) is 16.2. The number of carbonyl (C=O) groups excluding carboxylic acids is 1. The molecule has 13 nitrogen and oxygen atoms in total. The number of carbonyl (C=O) groups is 1. The molecule has 282 valence electrons. The van der Waals surface area contributed by atoms with Crippen molar-refractivity contribution in [3.05, 3.63) is 47.5 Å². The third-order valence-electron chi connectivity index (χ3n) is 10.1. The van der Waals surface area contributed by atoms with E-state index in [1.807, 2.05) is 59.0 Å². The molecule has 1 aliphatic carbocycles. The molecule has 2 atom stereocenters. The first-order chi connectivity index (χ1) is 24.8. The summed E-state index contributed by atoms with van der Waals surface area (Å²) in [7, 11) is 0. The van der Waals surface area contributed by atoms with E-state index in [2.05, 4.69) is 52.0 Å². The SMILES string of the molecule is Cc1cnc(CC2CCC(N[C@@H](C)COCc3nnn([C@H](OC(=O)C(C)(C)C)C(C)C)n3)CC2)cc1-c1cccc(NCC2(C#N)CCOCC2)n1. The largest absolute Gasteiger partial charge is 0.437 e. The monoisotopic (exact) mass is 715 g/mol. The molecule has 2 aliphatic rings. The minimum atomic E-state index is -0.628. The van der Waals surface area contributed by atoms with Crippen LogP contribution in [0.25, 0.3) is 11.3 Å². The second-order valence-corrected chi connectivity index (χ2v) is 16.1. The molecule has 5 rings (SSSR count). The summed E-state index contributed by atoms with van der Waals surface area (Å²) in [6.07, 6.45) is 8.26. The second kappa shape index (κ2) is 17.7. The molecule has 1 aliphatic heterocycles. The van der Waals surface area contributed by atoms with Gasteiger partial charge in [0.2, 0.25) is 12.1 Å². The number of nitriles is 1. The van der Waals surface area contributed by atoms with Gasteiger partial charge in [-0.05, 0) is 114 Å². The minimum absolute atomic E-state index is 0.0185. The van der Waals surface area contributed by atoms with Crippen LogP contribution in [0.5, 0.6) is 0 Å². The molecule has 4 heterocycles. The lowest BCUT2D eigenvalue weighted by Crippen LogP contribution is -2.41. The molecular formula is C39H57N9O4. The third kappa shape index (κ3) is 10.8. The lowest BCUT2D eigenvalue weighted by atomic mass is 9.82. The third-order valence-corrected chi connectivity index (χ3v) is 10.1. The van der Waals surface area contributed by atoms with Crippen LogP contribution < -0.4 is 10.6 Å². The number of aromatic nitrogens is 6. The Morgan fingerprint density at radius 2 is 1.90 bits per heavy atom. The highest BCUT2D eigenvalue weighted by Gasteiger charge is 2.33. The number of rotatable bonds is 15. The highest BCUT2D eigenvalue weighted by molar-refractivity contribution is 5.75. The Kier molecular flexibility index (Phi) is 13.3. The summed E-state index contributed by atoms with van der Waals surface area (Å²) in [6, 6.07) is 11.4. The van der Waals surface area contributed by atoms with Crippen molar-refractivity contribution in [2.24, 2.45) is 22.7 Å². The van der Waals surface area contributed by atoms with Crippen molar-refractivity contribution in [2.45, 2.75) is 118 Å². The molecule has 1 saturated heterocycles. The van der Waals surface area contributed by atoms with Gasteiger partial charge in [0.1, 0.15) is 12.4 Å². The van der Waals surface area contributed by atoms with Crippen LogP contribution in [0.15, 0.2) is 30.5 Å². The van der Waals surface area contributed by atoms with Crippen molar-refractivity contribution in [3.8, 4) is 17.3 Å². The van der Waals surface area contributed by atoms with E-state index in [0.717, 1.165) is 73.3 Å². The maximum absolute atomic E-state index is 12.5. The van der Waals surface area contributed by atoms with Gasteiger partial charge in [-0.3, -0.25) is 9.78 Å². The zero-order valence-electron chi connectivity index (χ0n) is 32.0. The Hall–Kier alpha value is -3.99. The predicted molar refractivity (Wildman–Crippen MR) is 198 cm³/mol. The van der Waals surface area contributed by atoms with Crippen LogP contribution in [-0.4, -0.2) is 74.6 Å². The summed E-state index contributed by atoms with van der Waals surface area (Å²) in [5, 5.41) is 29.7. The van der Waals surface area contributed by atoms with Crippen LogP contribution in [0.3, 0.4) is 0 Å². The summed E-state index contributed by atoms with van der Waals surface area (Å²) in [4.78, 5) is 23.6. The molecule has 3 aromatic rings. The van der Waals surface area contributed by atoms with E-state index in [1.165, 1.54) is 4.80 Å². The number of anilines is 1. The van der Waals surface area contributed by atoms with E-state index in [-0.39, 0.29) is 24.5 Å². The molecule has 52 heavy (non-hydrogen) atoms. The van der Waals surface area contributed by atoms with Gasteiger partial charge >= 0.3 is 5.97 Å². The van der Waals surface area contributed by atoms with Crippen molar-refractivity contribution in [2.75, 3.05) is 31.7 Å². The summed E-state index contributed by atoms with van der Waals surface area (Å²) in [5.41, 5.74) is 3.17. The lowest BCUT2D eigenvalue weighted by molar-refractivity contribution is -0.169. The Labute approximate surface area is 308 Å². The van der Waals surface area contributed by atoms with E-state index in [9.17, 15) is 10.1 Å². The fraction of sp³-hybridized carbons (Fsp3) is 0.667. The van der Waals surface area contributed by atoms with Crippen molar-refractivity contribution in [3.63, 3.8) is 0 Å². The molecule has 2 N–H and O–H groups in total. The molecule has 0 spiro atoms. The van der Waals surface area contributed by atoms with E-state index in [1.54, 1.807) is 0 Å². The predicted octanol–water partition coefficient (Wildman–Crippen LogP) is 6.21. The number of nitrogens with zero attached hydrogens (tertiary/aromatic N) is 7. The average Bonchev–Trinajstić information content (AvgIpc) is 3.59. The van der Waals surface area contributed by atoms with E-state index < -0.39 is 17.1 Å². The zero-order valence-corrected chi connectivity index (χ0v) is 32.0. The number of ether oxygens (including phenoxy) is 3. The number of hydrogen-bond donors (Lipinski definition) is 2. The Bertz CT molecular complexity index is 1650. The zero-order chi connectivity index (χ0) is 37.3. The Morgan fingerprint density at radius 3 is 2.60 bits per heavy atom. The molecular weight excluding hydrogens is 658 g/mol.